The van der Waals surface area contributed by atoms with Crippen molar-refractivity contribution in [2.24, 2.45) is 0 Å². The number of benzene rings is 2. The SMILES string of the molecule is CCc1ccc(Nc2cnc(C(=O)NCc3ccc(OC)c(OC)c3)cn2)cc1. The average molecular weight is 392 g/mol. The van der Waals surface area contributed by atoms with E-state index in [1.54, 1.807) is 26.5 Å². The molecule has 0 unspecified atom stereocenters. The fourth-order valence-corrected chi connectivity index (χ4v) is 2.74. The summed E-state index contributed by atoms with van der Waals surface area (Å²) in [6, 6.07) is 13.6. The highest BCUT2D eigenvalue weighted by atomic mass is 16.5. The van der Waals surface area contributed by atoms with E-state index in [0.29, 0.717) is 23.9 Å². The summed E-state index contributed by atoms with van der Waals surface area (Å²) in [6.07, 6.45) is 3.99. The number of ether oxygens (including phenoxy) is 2. The maximum atomic E-state index is 12.3. The summed E-state index contributed by atoms with van der Waals surface area (Å²) in [5.74, 6) is 1.53. The molecule has 0 aliphatic carbocycles. The smallest absolute Gasteiger partial charge is 0.271 e. The van der Waals surface area contributed by atoms with Gasteiger partial charge in [-0.3, -0.25) is 4.79 Å². The largest absolute Gasteiger partial charge is 0.493 e. The molecule has 0 saturated carbocycles. The molecule has 2 N–H and O–H groups in total. The minimum absolute atomic E-state index is 0.248. The lowest BCUT2D eigenvalue weighted by molar-refractivity contribution is 0.0945. The summed E-state index contributed by atoms with van der Waals surface area (Å²) in [7, 11) is 3.15. The van der Waals surface area contributed by atoms with E-state index in [0.717, 1.165) is 17.7 Å². The zero-order chi connectivity index (χ0) is 20.6. The van der Waals surface area contributed by atoms with E-state index < -0.39 is 0 Å². The van der Waals surface area contributed by atoms with Gasteiger partial charge >= 0.3 is 0 Å². The lowest BCUT2D eigenvalue weighted by Crippen LogP contribution is -2.24. The molecule has 1 amide bonds. The van der Waals surface area contributed by atoms with Gasteiger partial charge in [-0.25, -0.2) is 9.97 Å². The number of rotatable bonds is 8. The molecule has 3 aromatic rings. The standard InChI is InChI=1S/C22H24N4O3/c1-4-15-5-8-17(9-6-15)26-21-14-23-18(13-24-21)22(27)25-12-16-7-10-19(28-2)20(11-16)29-3/h5-11,13-14H,4,12H2,1-3H3,(H,24,26)(H,25,27). The Labute approximate surface area is 170 Å². The molecule has 2 aromatic carbocycles. The highest BCUT2D eigenvalue weighted by Gasteiger charge is 2.10. The van der Waals surface area contributed by atoms with Gasteiger partial charge in [0, 0.05) is 12.2 Å². The van der Waals surface area contributed by atoms with Crippen LogP contribution in [0.2, 0.25) is 0 Å². The monoisotopic (exact) mass is 392 g/mol. The summed E-state index contributed by atoms with van der Waals surface area (Å²) >= 11 is 0. The van der Waals surface area contributed by atoms with Crippen LogP contribution in [0.25, 0.3) is 0 Å². The second-order valence-corrected chi connectivity index (χ2v) is 6.33. The molecule has 150 valence electrons. The molecule has 0 aliphatic heterocycles. The maximum Gasteiger partial charge on any atom is 0.271 e. The number of carbonyl (C=O) groups excluding carboxylic acids is 1. The summed E-state index contributed by atoms with van der Waals surface area (Å²) < 4.78 is 10.5. The Morgan fingerprint density at radius 1 is 0.931 bits per heavy atom. The van der Waals surface area contributed by atoms with Gasteiger partial charge in [-0.1, -0.05) is 25.1 Å². The number of nitrogens with one attached hydrogen (secondary N) is 2. The first-order valence-electron chi connectivity index (χ1n) is 9.30. The topological polar surface area (TPSA) is 85.4 Å². The van der Waals surface area contributed by atoms with E-state index in [2.05, 4.69) is 39.7 Å². The van der Waals surface area contributed by atoms with Crippen molar-refractivity contribution >= 4 is 17.4 Å². The molecule has 0 atom stereocenters. The van der Waals surface area contributed by atoms with E-state index in [9.17, 15) is 4.79 Å². The summed E-state index contributed by atoms with van der Waals surface area (Å²) in [6.45, 7) is 2.45. The molecule has 29 heavy (non-hydrogen) atoms. The molecular weight excluding hydrogens is 368 g/mol. The Kier molecular flexibility index (Phi) is 6.63. The van der Waals surface area contributed by atoms with Gasteiger partial charge in [0.15, 0.2) is 11.5 Å². The molecule has 1 aromatic heterocycles. The molecule has 0 aliphatic rings. The normalized spacial score (nSPS) is 10.3. The second kappa shape index (κ2) is 9.54. The summed E-state index contributed by atoms with van der Waals surface area (Å²) in [4.78, 5) is 20.8. The lowest BCUT2D eigenvalue weighted by atomic mass is 10.1. The van der Waals surface area contributed by atoms with Crippen LogP contribution >= 0.6 is 0 Å². The third-order valence-electron chi connectivity index (χ3n) is 4.42. The number of nitrogens with zero attached hydrogens (tertiary/aromatic N) is 2. The average Bonchev–Trinajstić information content (AvgIpc) is 2.78. The minimum atomic E-state index is -0.300. The van der Waals surface area contributed by atoms with Gasteiger partial charge in [0.1, 0.15) is 11.5 Å². The number of methoxy groups -OCH3 is 2. The molecule has 1 heterocycles. The van der Waals surface area contributed by atoms with Crippen molar-refractivity contribution in [1.29, 1.82) is 0 Å². The molecule has 0 bridgehead atoms. The van der Waals surface area contributed by atoms with Gasteiger partial charge in [-0.2, -0.15) is 0 Å². The van der Waals surface area contributed by atoms with Crippen LogP contribution in [-0.2, 0) is 13.0 Å². The Morgan fingerprint density at radius 2 is 1.66 bits per heavy atom. The second-order valence-electron chi connectivity index (χ2n) is 6.33. The van der Waals surface area contributed by atoms with Gasteiger partial charge in [0.2, 0.25) is 0 Å². The highest BCUT2D eigenvalue weighted by Crippen LogP contribution is 2.27. The molecule has 3 rings (SSSR count). The number of aryl methyl sites for hydroxylation is 1. The van der Waals surface area contributed by atoms with Crippen LogP contribution in [0.15, 0.2) is 54.9 Å². The molecule has 0 spiro atoms. The summed E-state index contributed by atoms with van der Waals surface area (Å²) in [5.41, 5.74) is 3.32. The van der Waals surface area contributed by atoms with E-state index >= 15 is 0 Å². The van der Waals surface area contributed by atoms with Gasteiger partial charge < -0.3 is 20.1 Å². The first-order chi connectivity index (χ1) is 14.1. The van der Waals surface area contributed by atoms with E-state index in [1.165, 1.54) is 11.8 Å². The van der Waals surface area contributed by atoms with Crippen molar-refractivity contribution in [2.45, 2.75) is 19.9 Å². The number of aromatic nitrogens is 2. The van der Waals surface area contributed by atoms with Crippen molar-refractivity contribution in [3.8, 4) is 11.5 Å². The minimum Gasteiger partial charge on any atom is -0.493 e. The van der Waals surface area contributed by atoms with E-state index in [1.807, 2.05) is 24.3 Å². The fraction of sp³-hybridized carbons (Fsp3) is 0.227. The van der Waals surface area contributed by atoms with Crippen molar-refractivity contribution in [2.75, 3.05) is 19.5 Å². The van der Waals surface area contributed by atoms with Gasteiger partial charge in [-0.15, -0.1) is 0 Å². The van der Waals surface area contributed by atoms with Crippen molar-refractivity contribution in [3.05, 3.63) is 71.7 Å². The first kappa shape index (κ1) is 20.1. The van der Waals surface area contributed by atoms with Crippen molar-refractivity contribution in [1.82, 2.24) is 15.3 Å². The molecule has 0 saturated heterocycles. The zero-order valence-corrected chi connectivity index (χ0v) is 16.7. The van der Waals surface area contributed by atoms with Crippen LogP contribution < -0.4 is 20.1 Å². The van der Waals surface area contributed by atoms with Crippen molar-refractivity contribution < 1.29 is 14.3 Å². The molecule has 7 nitrogen and oxygen atoms in total. The predicted molar refractivity (Wildman–Crippen MR) is 112 cm³/mol. The third kappa shape index (κ3) is 5.22. The Hall–Kier alpha value is -3.61. The van der Waals surface area contributed by atoms with Crippen molar-refractivity contribution in [3.63, 3.8) is 0 Å². The Morgan fingerprint density at radius 3 is 2.28 bits per heavy atom. The molecule has 7 heteroatoms. The summed E-state index contributed by atoms with van der Waals surface area (Å²) in [5, 5.41) is 6.00. The third-order valence-corrected chi connectivity index (χ3v) is 4.42. The number of hydrogen-bond donors (Lipinski definition) is 2. The predicted octanol–water partition coefficient (Wildman–Crippen LogP) is 3.73. The maximum absolute atomic E-state index is 12.3. The number of carbonyl (C=O) groups is 1. The molecular formula is C22H24N4O3. The molecule has 0 fully saturated rings. The van der Waals surface area contributed by atoms with E-state index in [-0.39, 0.29) is 11.6 Å². The van der Waals surface area contributed by atoms with Crippen LogP contribution in [0, 0.1) is 0 Å². The van der Waals surface area contributed by atoms with Gasteiger partial charge in [0.05, 0.1) is 26.6 Å². The van der Waals surface area contributed by atoms with Crippen LogP contribution in [0.1, 0.15) is 28.5 Å². The van der Waals surface area contributed by atoms with Crippen LogP contribution in [0.4, 0.5) is 11.5 Å². The fourth-order valence-electron chi connectivity index (χ4n) is 2.74. The Bertz CT molecular complexity index is 957. The molecule has 0 radical (unpaired) electrons. The highest BCUT2D eigenvalue weighted by molar-refractivity contribution is 5.92. The van der Waals surface area contributed by atoms with Crippen LogP contribution in [-0.4, -0.2) is 30.1 Å². The number of hydrogen-bond acceptors (Lipinski definition) is 6. The Balaban J connectivity index is 1.58. The number of amides is 1. The van der Waals surface area contributed by atoms with Crippen LogP contribution in [0.5, 0.6) is 11.5 Å². The van der Waals surface area contributed by atoms with Gasteiger partial charge in [-0.05, 0) is 41.8 Å². The van der Waals surface area contributed by atoms with Gasteiger partial charge in [0.25, 0.3) is 5.91 Å². The number of anilines is 2. The quantitative estimate of drug-likeness (QED) is 0.608. The zero-order valence-electron chi connectivity index (χ0n) is 16.7. The lowest BCUT2D eigenvalue weighted by Gasteiger charge is -2.10. The van der Waals surface area contributed by atoms with Crippen LogP contribution in [0.3, 0.4) is 0 Å². The van der Waals surface area contributed by atoms with E-state index in [4.69, 9.17) is 9.47 Å². The first-order valence-corrected chi connectivity index (χ1v) is 9.30.